The van der Waals surface area contributed by atoms with Crippen molar-refractivity contribution in [1.82, 2.24) is 4.31 Å². The Bertz CT molecular complexity index is 1030. The van der Waals surface area contributed by atoms with Crippen LogP contribution in [0.25, 0.3) is 0 Å². The predicted octanol–water partition coefficient (Wildman–Crippen LogP) is 2.31. The van der Waals surface area contributed by atoms with Gasteiger partial charge in [0.2, 0.25) is 10.0 Å². The molecule has 0 atom stereocenters. The number of rotatable bonds is 6. The van der Waals surface area contributed by atoms with Gasteiger partial charge in [-0.1, -0.05) is 6.07 Å². The second-order valence-corrected chi connectivity index (χ2v) is 8.81. The van der Waals surface area contributed by atoms with E-state index in [0.29, 0.717) is 49.1 Å². The maximum atomic E-state index is 13.1. The zero-order valence-electron chi connectivity index (χ0n) is 17.5. The van der Waals surface area contributed by atoms with E-state index in [2.05, 4.69) is 0 Å². The molecule has 0 aromatic heterocycles. The summed E-state index contributed by atoms with van der Waals surface area (Å²) in [5.74, 6) is 0.714. The maximum Gasteiger partial charge on any atom is 0.258 e. The second-order valence-electron chi connectivity index (χ2n) is 6.90. The molecule has 30 heavy (non-hydrogen) atoms. The summed E-state index contributed by atoms with van der Waals surface area (Å²) in [7, 11) is 0.969. The number of carbonyl (C=O) groups is 1. The number of hydrogen-bond donors (Lipinski definition) is 0. The maximum absolute atomic E-state index is 13.1. The first-order valence-corrected chi connectivity index (χ1v) is 10.9. The Labute approximate surface area is 177 Å². The third-order valence-corrected chi connectivity index (χ3v) is 7.12. The number of carbonyl (C=O) groups excluding carboxylic acids is 1. The third kappa shape index (κ3) is 4.28. The highest BCUT2D eigenvalue weighted by Gasteiger charge is 2.29. The van der Waals surface area contributed by atoms with Crippen molar-refractivity contribution >= 4 is 21.6 Å². The first-order chi connectivity index (χ1) is 14.3. The summed E-state index contributed by atoms with van der Waals surface area (Å²) in [5, 5.41) is 0. The molecule has 1 aliphatic heterocycles. The molecule has 0 radical (unpaired) electrons. The quantitative estimate of drug-likeness (QED) is 0.694. The van der Waals surface area contributed by atoms with E-state index in [-0.39, 0.29) is 16.4 Å². The van der Waals surface area contributed by atoms with Crippen molar-refractivity contribution in [1.29, 1.82) is 0 Å². The van der Waals surface area contributed by atoms with Crippen LogP contribution < -0.4 is 14.4 Å². The number of anilines is 1. The van der Waals surface area contributed by atoms with Crippen LogP contribution in [0.15, 0.2) is 41.3 Å². The molecule has 8 nitrogen and oxygen atoms in total. The summed E-state index contributed by atoms with van der Waals surface area (Å²) in [4.78, 5) is 14.7. The highest BCUT2D eigenvalue weighted by molar-refractivity contribution is 7.89. The molecule has 1 saturated heterocycles. The first kappa shape index (κ1) is 22.1. The van der Waals surface area contributed by atoms with E-state index in [1.54, 1.807) is 44.3 Å². The molecular weight excluding hydrogens is 408 g/mol. The summed E-state index contributed by atoms with van der Waals surface area (Å²) in [6, 6.07) is 9.87. The fourth-order valence-electron chi connectivity index (χ4n) is 3.28. The molecule has 0 aliphatic carbocycles. The summed E-state index contributed by atoms with van der Waals surface area (Å²) >= 11 is 0. The van der Waals surface area contributed by atoms with Gasteiger partial charge in [0.05, 0.1) is 32.3 Å². The van der Waals surface area contributed by atoms with Gasteiger partial charge in [0.25, 0.3) is 5.91 Å². The van der Waals surface area contributed by atoms with Crippen LogP contribution in [-0.2, 0) is 14.8 Å². The van der Waals surface area contributed by atoms with Gasteiger partial charge in [-0.05, 0) is 36.8 Å². The molecule has 2 aromatic carbocycles. The van der Waals surface area contributed by atoms with Gasteiger partial charge in [0.15, 0.2) is 11.5 Å². The number of nitrogens with zero attached hydrogens (tertiary/aromatic N) is 2. The van der Waals surface area contributed by atoms with Gasteiger partial charge >= 0.3 is 0 Å². The minimum Gasteiger partial charge on any atom is -0.493 e. The lowest BCUT2D eigenvalue weighted by Gasteiger charge is -2.27. The van der Waals surface area contributed by atoms with Crippen molar-refractivity contribution < 1.29 is 27.4 Å². The fraction of sp³-hybridized carbons (Fsp3) is 0.381. The number of morpholine rings is 1. The normalized spacial score (nSPS) is 14.9. The van der Waals surface area contributed by atoms with Crippen LogP contribution in [0.3, 0.4) is 0 Å². The molecule has 162 valence electrons. The molecule has 9 heteroatoms. The summed E-state index contributed by atoms with van der Waals surface area (Å²) in [6.07, 6.45) is 0. The van der Waals surface area contributed by atoms with E-state index in [0.717, 1.165) is 0 Å². The van der Waals surface area contributed by atoms with Crippen molar-refractivity contribution in [3.8, 4) is 11.5 Å². The lowest BCUT2D eigenvalue weighted by atomic mass is 10.1. The number of benzene rings is 2. The Hall–Kier alpha value is -2.62. The number of ether oxygens (including phenoxy) is 3. The summed E-state index contributed by atoms with van der Waals surface area (Å²) in [6.45, 7) is 3.04. The summed E-state index contributed by atoms with van der Waals surface area (Å²) < 4.78 is 43.4. The number of amides is 1. The average molecular weight is 435 g/mol. The van der Waals surface area contributed by atoms with Crippen LogP contribution in [-0.4, -0.2) is 66.2 Å². The Morgan fingerprint density at radius 1 is 1.03 bits per heavy atom. The molecule has 3 rings (SSSR count). The third-order valence-electron chi connectivity index (χ3n) is 5.08. The van der Waals surface area contributed by atoms with Crippen LogP contribution in [0.5, 0.6) is 11.5 Å². The highest BCUT2D eigenvalue weighted by atomic mass is 32.2. The number of methoxy groups -OCH3 is 2. The molecule has 2 aromatic rings. The molecule has 0 N–H and O–H groups in total. The largest absolute Gasteiger partial charge is 0.493 e. The number of aryl methyl sites for hydroxylation is 1. The number of sulfonamides is 1. The minimum atomic E-state index is -3.71. The Balaban J connectivity index is 1.92. The second kappa shape index (κ2) is 9.03. The summed E-state index contributed by atoms with van der Waals surface area (Å²) in [5.41, 5.74) is 1.47. The Morgan fingerprint density at radius 2 is 1.70 bits per heavy atom. The molecule has 1 heterocycles. The van der Waals surface area contributed by atoms with E-state index in [9.17, 15) is 13.2 Å². The van der Waals surface area contributed by atoms with Gasteiger partial charge in [-0.3, -0.25) is 4.79 Å². The van der Waals surface area contributed by atoms with E-state index >= 15 is 0 Å². The van der Waals surface area contributed by atoms with E-state index < -0.39 is 10.0 Å². The highest BCUT2D eigenvalue weighted by Crippen LogP contribution is 2.32. The lowest BCUT2D eigenvalue weighted by Crippen LogP contribution is -2.41. The van der Waals surface area contributed by atoms with Crippen molar-refractivity contribution in [2.24, 2.45) is 0 Å². The molecular formula is C21H26N2O6S. The van der Waals surface area contributed by atoms with Gasteiger partial charge < -0.3 is 19.1 Å². The zero-order valence-corrected chi connectivity index (χ0v) is 18.4. The SMILES string of the molecule is COc1ccc(N(C)C(=O)c2ccc(C)c(S(=O)(=O)N3CCOCC3)c2)cc1OC. The van der Waals surface area contributed by atoms with E-state index in [4.69, 9.17) is 14.2 Å². The van der Waals surface area contributed by atoms with Gasteiger partial charge in [-0.2, -0.15) is 4.31 Å². The smallest absolute Gasteiger partial charge is 0.258 e. The van der Waals surface area contributed by atoms with E-state index in [1.165, 1.54) is 29.5 Å². The van der Waals surface area contributed by atoms with Crippen molar-refractivity contribution in [3.05, 3.63) is 47.5 Å². The fourth-order valence-corrected chi connectivity index (χ4v) is 4.94. The topological polar surface area (TPSA) is 85.4 Å². The van der Waals surface area contributed by atoms with Crippen LogP contribution in [0.4, 0.5) is 5.69 Å². The average Bonchev–Trinajstić information content (AvgIpc) is 2.78. The van der Waals surface area contributed by atoms with Gasteiger partial charge in [0.1, 0.15) is 0 Å². The predicted molar refractivity (Wildman–Crippen MR) is 113 cm³/mol. The van der Waals surface area contributed by atoms with Gasteiger partial charge in [0, 0.05) is 37.5 Å². The Kier molecular flexibility index (Phi) is 6.64. The van der Waals surface area contributed by atoms with Crippen molar-refractivity contribution in [2.75, 3.05) is 52.5 Å². The van der Waals surface area contributed by atoms with Crippen LogP contribution in [0.2, 0.25) is 0 Å². The molecule has 1 fully saturated rings. The first-order valence-electron chi connectivity index (χ1n) is 9.48. The van der Waals surface area contributed by atoms with E-state index in [1.807, 2.05) is 0 Å². The molecule has 0 spiro atoms. The number of hydrogen-bond acceptors (Lipinski definition) is 6. The molecule has 1 amide bonds. The monoisotopic (exact) mass is 434 g/mol. The van der Waals surface area contributed by atoms with Crippen LogP contribution in [0.1, 0.15) is 15.9 Å². The standard InChI is InChI=1S/C21H26N2O6S/c1-15-5-6-16(13-20(15)30(25,26)23-9-11-29-12-10-23)21(24)22(2)17-7-8-18(27-3)19(14-17)28-4/h5-8,13-14H,9-12H2,1-4H3. The molecule has 0 bridgehead atoms. The van der Waals surface area contributed by atoms with Gasteiger partial charge in [-0.25, -0.2) is 8.42 Å². The van der Waals surface area contributed by atoms with Crippen molar-refractivity contribution in [2.45, 2.75) is 11.8 Å². The Morgan fingerprint density at radius 3 is 2.33 bits per heavy atom. The van der Waals surface area contributed by atoms with Crippen LogP contribution in [0, 0.1) is 6.92 Å². The molecule has 0 unspecified atom stereocenters. The van der Waals surface area contributed by atoms with Crippen LogP contribution >= 0.6 is 0 Å². The lowest BCUT2D eigenvalue weighted by molar-refractivity contribution is 0.0730. The molecule has 0 saturated carbocycles. The minimum absolute atomic E-state index is 0.135. The molecule has 1 aliphatic rings. The van der Waals surface area contributed by atoms with Crippen molar-refractivity contribution in [3.63, 3.8) is 0 Å². The zero-order chi connectivity index (χ0) is 21.9. The van der Waals surface area contributed by atoms with Gasteiger partial charge in [-0.15, -0.1) is 0 Å².